The first-order valence-electron chi connectivity index (χ1n) is 6.84. The predicted octanol–water partition coefficient (Wildman–Crippen LogP) is -1.50. The summed E-state index contributed by atoms with van der Waals surface area (Å²) in [5.74, 6) is -1.39. The zero-order valence-corrected chi connectivity index (χ0v) is 12.1. The van der Waals surface area contributed by atoms with E-state index in [9.17, 15) is 30.2 Å². The van der Waals surface area contributed by atoms with Gasteiger partial charge < -0.3 is 35.6 Å². The van der Waals surface area contributed by atoms with Gasteiger partial charge in [0.25, 0.3) is 5.69 Å². The van der Waals surface area contributed by atoms with Crippen molar-refractivity contribution in [3.63, 3.8) is 0 Å². The minimum atomic E-state index is -1.63. The maximum atomic E-state index is 11.0. The SMILES string of the molecule is O=C(O)c1cc(N[C@H]2O[C@@H](CO)[C@@H](O)[C@@H](O)[C@H]2O)cc([N+](=O)[O-])c1. The summed E-state index contributed by atoms with van der Waals surface area (Å²) in [6.07, 6.45) is -7.30. The number of ether oxygens (including phenoxy) is 1. The fraction of sp³-hybridized carbons (Fsp3) is 0.462. The Kier molecular flexibility index (Phi) is 5.31. The quantitative estimate of drug-likeness (QED) is 0.271. The van der Waals surface area contributed by atoms with Gasteiger partial charge in [-0.25, -0.2) is 4.79 Å². The molecule has 1 aromatic carbocycles. The van der Waals surface area contributed by atoms with Crippen LogP contribution in [0.4, 0.5) is 11.4 Å². The summed E-state index contributed by atoms with van der Waals surface area (Å²) in [6.45, 7) is -0.640. The molecule has 6 N–H and O–H groups in total. The number of nitrogens with one attached hydrogen (secondary N) is 1. The van der Waals surface area contributed by atoms with Gasteiger partial charge in [-0.15, -0.1) is 0 Å². The molecule has 0 aromatic heterocycles. The number of carbonyl (C=O) groups is 1. The molecule has 11 heteroatoms. The van der Waals surface area contributed by atoms with Gasteiger partial charge >= 0.3 is 5.97 Å². The summed E-state index contributed by atoms with van der Waals surface area (Å²) in [7, 11) is 0. The number of aromatic carboxylic acids is 1. The summed E-state index contributed by atoms with van der Waals surface area (Å²) in [5, 5.41) is 60.8. The van der Waals surface area contributed by atoms with E-state index < -0.39 is 53.8 Å². The Labute approximate surface area is 134 Å². The van der Waals surface area contributed by atoms with E-state index in [1.165, 1.54) is 0 Å². The zero-order valence-electron chi connectivity index (χ0n) is 12.1. The summed E-state index contributed by atoms with van der Waals surface area (Å²) < 4.78 is 5.20. The first-order valence-corrected chi connectivity index (χ1v) is 6.84. The normalized spacial score (nSPS) is 29.9. The van der Waals surface area contributed by atoms with Crippen LogP contribution in [0.15, 0.2) is 18.2 Å². The number of carboxylic acids is 1. The highest BCUT2D eigenvalue weighted by molar-refractivity contribution is 5.90. The van der Waals surface area contributed by atoms with Gasteiger partial charge in [-0.3, -0.25) is 10.1 Å². The van der Waals surface area contributed by atoms with Crippen LogP contribution in [0.25, 0.3) is 0 Å². The number of aliphatic hydroxyl groups excluding tert-OH is 4. The number of nitrogens with zero attached hydrogens (tertiary/aromatic N) is 1. The zero-order chi connectivity index (χ0) is 18.0. The number of hydrogen-bond donors (Lipinski definition) is 6. The summed E-state index contributed by atoms with van der Waals surface area (Å²) in [4.78, 5) is 21.1. The molecule has 11 nitrogen and oxygen atoms in total. The molecule has 24 heavy (non-hydrogen) atoms. The lowest BCUT2D eigenvalue weighted by molar-refractivity contribution is -0.384. The molecule has 0 amide bonds. The number of nitro benzene ring substituents is 1. The Bertz CT molecular complexity index is 604. The molecule has 132 valence electrons. The monoisotopic (exact) mass is 344 g/mol. The molecule has 1 aliphatic heterocycles. The van der Waals surface area contributed by atoms with Crippen molar-refractivity contribution >= 4 is 17.3 Å². The molecule has 1 fully saturated rings. The Morgan fingerprint density at radius 3 is 2.42 bits per heavy atom. The van der Waals surface area contributed by atoms with Crippen molar-refractivity contribution in [2.45, 2.75) is 30.6 Å². The van der Waals surface area contributed by atoms with Crippen molar-refractivity contribution in [3.8, 4) is 0 Å². The number of nitro groups is 1. The Morgan fingerprint density at radius 1 is 1.21 bits per heavy atom. The van der Waals surface area contributed by atoms with Crippen molar-refractivity contribution < 1.29 is 40.0 Å². The van der Waals surface area contributed by atoms with E-state index in [0.29, 0.717) is 0 Å². The number of aliphatic hydroxyl groups is 4. The third-order valence-electron chi connectivity index (χ3n) is 3.58. The highest BCUT2D eigenvalue weighted by atomic mass is 16.6. The topological polar surface area (TPSA) is 183 Å². The number of non-ortho nitro benzene ring substituents is 1. The van der Waals surface area contributed by atoms with Crippen LogP contribution in [0, 0.1) is 10.1 Å². The van der Waals surface area contributed by atoms with E-state index >= 15 is 0 Å². The molecule has 0 saturated carbocycles. The number of carboxylic acid groups (broad SMARTS) is 1. The summed E-state index contributed by atoms with van der Waals surface area (Å²) in [6, 6.07) is 2.96. The van der Waals surface area contributed by atoms with E-state index in [-0.39, 0.29) is 11.3 Å². The lowest BCUT2D eigenvalue weighted by atomic mass is 9.98. The van der Waals surface area contributed by atoms with Crippen molar-refractivity contribution in [2.24, 2.45) is 0 Å². The smallest absolute Gasteiger partial charge is 0.336 e. The minimum absolute atomic E-state index is 0.0501. The third-order valence-corrected chi connectivity index (χ3v) is 3.58. The first kappa shape index (κ1) is 18.0. The highest BCUT2D eigenvalue weighted by Crippen LogP contribution is 2.26. The Balaban J connectivity index is 2.29. The largest absolute Gasteiger partial charge is 0.478 e. The van der Waals surface area contributed by atoms with Gasteiger partial charge in [-0.2, -0.15) is 0 Å². The summed E-state index contributed by atoms with van der Waals surface area (Å²) >= 11 is 0. The van der Waals surface area contributed by atoms with Gasteiger partial charge in [0.2, 0.25) is 0 Å². The number of anilines is 1. The fourth-order valence-electron chi connectivity index (χ4n) is 2.31. The Hall–Kier alpha value is -2.31. The molecule has 0 bridgehead atoms. The predicted molar refractivity (Wildman–Crippen MR) is 77.4 cm³/mol. The van der Waals surface area contributed by atoms with Gasteiger partial charge in [0.05, 0.1) is 17.1 Å². The average molecular weight is 344 g/mol. The van der Waals surface area contributed by atoms with Crippen LogP contribution in [0.1, 0.15) is 10.4 Å². The molecular weight excluding hydrogens is 328 g/mol. The molecule has 1 saturated heterocycles. The molecule has 2 rings (SSSR count). The van der Waals surface area contributed by atoms with Gasteiger partial charge in [0.15, 0.2) is 6.23 Å². The van der Waals surface area contributed by atoms with Crippen molar-refractivity contribution in [2.75, 3.05) is 11.9 Å². The van der Waals surface area contributed by atoms with Crippen LogP contribution in [0.5, 0.6) is 0 Å². The molecule has 0 aliphatic carbocycles. The van der Waals surface area contributed by atoms with Crippen LogP contribution >= 0.6 is 0 Å². The van der Waals surface area contributed by atoms with Crippen LogP contribution in [0.2, 0.25) is 0 Å². The highest BCUT2D eigenvalue weighted by Gasteiger charge is 2.43. The maximum Gasteiger partial charge on any atom is 0.336 e. The van der Waals surface area contributed by atoms with Gasteiger partial charge in [-0.05, 0) is 6.07 Å². The lowest BCUT2D eigenvalue weighted by Crippen LogP contribution is -2.60. The van der Waals surface area contributed by atoms with E-state index in [2.05, 4.69) is 5.32 Å². The second-order valence-corrected chi connectivity index (χ2v) is 5.22. The van der Waals surface area contributed by atoms with Crippen LogP contribution in [-0.2, 0) is 4.74 Å². The fourth-order valence-corrected chi connectivity index (χ4v) is 2.31. The lowest BCUT2D eigenvalue weighted by Gasteiger charge is -2.40. The van der Waals surface area contributed by atoms with E-state index in [1.807, 2.05) is 0 Å². The van der Waals surface area contributed by atoms with Gasteiger partial charge in [-0.1, -0.05) is 0 Å². The van der Waals surface area contributed by atoms with E-state index in [4.69, 9.17) is 14.9 Å². The van der Waals surface area contributed by atoms with Crippen molar-refractivity contribution in [1.82, 2.24) is 0 Å². The van der Waals surface area contributed by atoms with Crippen molar-refractivity contribution in [3.05, 3.63) is 33.9 Å². The molecule has 1 aliphatic rings. The maximum absolute atomic E-state index is 11.0. The number of rotatable bonds is 5. The summed E-state index contributed by atoms with van der Waals surface area (Å²) in [5.41, 5.74) is -0.913. The molecule has 1 heterocycles. The van der Waals surface area contributed by atoms with Crippen molar-refractivity contribution in [1.29, 1.82) is 0 Å². The van der Waals surface area contributed by atoms with Gasteiger partial charge in [0.1, 0.15) is 24.4 Å². The standard InChI is InChI=1S/C13H16N2O9/c16-4-8-9(17)10(18)11(19)12(24-8)14-6-1-5(13(20)21)2-7(3-6)15(22)23/h1-3,8-12,14,16-19H,4H2,(H,20,21)/t8-,9+,10+,11+,12-/m0/s1. The molecule has 5 atom stereocenters. The first-order chi connectivity index (χ1) is 11.2. The van der Waals surface area contributed by atoms with E-state index in [0.717, 1.165) is 18.2 Å². The molecular formula is C13H16N2O9. The molecule has 1 aromatic rings. The van der Waals surface area contributed by atoms with E-state index in [1.54, 1.807) is 0 Å². The molecule has 0 radical (unpaired) electrons. The van der Waals surface area contributed by atoms with Crippen LogP contribution in [0.3, 0.4) is 0 Å². The number of benzene rings is 1. The van der Waals surface area contributed by atoms with Crippen LogP contribution < -0.4 is 5.32 Å². The average Bonchev–Trinajstić information content (AvgIpc) is 2.55. The third kappa shape index (κ3) is 3.60. The molecule has 0 spiro atoms. The second-order valence-electron chi connectivity index (χ2n) is 5.22. The minimum Gasteiger partial charge on any atom is -0.478 e. The number of hydrogen-bond acceptors (Lipinski definition) is 9. The van der Waals surface area contributed by atoms with Gasteiger partial charge in [0, 0.05) is 17.8 Å². The van der Waals surface area contributed by atoms with Crippen LogP contribution in [-0.4, -0.2) is 73.7 Å². The Morgan fingerprint density at radius 2 is 1.88 bits per heavy atom. The molecule has 0 unspecified atom stereocenters. The second kappa shape index (κ2) is 7.07.